The molecule has 0 saturated carbocycles. The molecule has 0 spiro atoms. The Bertz CT molecular complexity index is 267. The third-order valence-electron chi connectivity index (χ3n) is 3.81. The summed E-state index contributed by atoms with van der Waals surface area (Å²) in [4.78, 5) is 11.8. The fourth-order valence-corrected chi connectivity index (χ4v) is 2.57. The fraction of sp³-hybridized carbons (Fsp3) is 0.929. The summed E-state index contributed by atoms with van der Waals surface area (Å²) in [6.45, 7) is 5.81. The lowest BCUT2D eigenvalue weighted by atomic mass is 9.99. The molecule has 2 unspecified atom stereocenters. The van der Waals surface area contributed by atoms with Gasteiger partial charge < -0.3 is 20.1 Å². The fourth-order valence-electron chi connectivity index (χ4n) is 2.57. The zero-order chi connectivity index (χ0) is 13.3. The summed E-state index contributed by atoms with van der Waals surface area (Å²) >= 11 is 0. The molecule has 2 rings (SSSR count). The minimum Gasteiger partial charge on any atom is -0.381 e. The van der Waals surface area contributed by atoms with Gasteiger partial charge in [-0.3, -0.25) is 4.79 Å². The molecule has 0 aliphatic carbocycles. The number of carbonyl (C=O) groups excluding carboxylic acids is 1. The van der Waals surface area contributed by atoms with Crippen LogP contribution in [0.1, 0.15) is 25.7 Å². The van der Waals surface area contributed by atoms with Gasteiger partial charge in [0.25, 0.3) is 0 Å². The second-order valence-corrected chi connectivity index (χ2v) is 5.49. The number of hydrogen-bond acceptors (Lipinski definition) is 4. The van der Waals surface area contributed by atoms with E-state index >= 15 is 0 Å². The molecule has 2 aliphatic rings. The minimum atomic E-state index is 0. The smallest absolute Gasteiger partial charge is 0.224 e. The molecule has 2 heterocycles. The Hall–Kier alpha value is -0.360. The molecule has 0 aromatic rings. The van der Waals surface area contributed by atoms with Crippen molar-refractivity contribution in [1.82, 2.24) is 10.6 Å². The largest absolute Gasteiger partial charge is 0.381 e. The van der Waals surface area contributed by atoms with Gasteiger partial charge in [0.2, 0.25) is 5.91 Å². The number of piperidine rings is 1. The first-order chi connectivity index (χ1) is 9.36. The molecule has 0 radical (unpaired) electrons. The average Bonchev–Trinajstić information content (AvgIpc) is 2.96. The molecule has 1 amide bonds. The molecule has 2 N–H and O–H groups in total. The van der Waals surface area contributed by atoms with Gasteiger partial charge in [0.1, 0.15) is 0 Å². The van der Waals surface area contributed by atoms with Crippen LogP contribution in [0, 0.1) is 11.8 Å². The number of amides is 1. The van der Waals surface area contributed by atoms with Crippen molar-refractivity contribution in [1.29, 1.82) is 0 Å². The van der Waals surface area contributed by atoms with E-state index in [4.69, 9.17) is 9.47 Å². The maximum atomic E-state index is 11.8. The van der Waals surface area contributed by atoms with E-state index in [2.05, 4.69) is 10.6 Å². The minimum absolute atomic E-state index is 0. The summed E-state index contributed by atoms with van der Waals surface area (Å²) in [5, 5.41) is 6.26. The van der Waals surface area contributed by atoms with Crippen LogP contribution in [0.2, 0.25) is 0 Å². The van der Waals surface area contributed by atoms with Crippen LogP contribution < -0.4 is 10.6 Å². The van der Waals surface area contributed by atoms with Gasteiger partial charge in [-0.2, -0.15) is 0 Å². The van der Waals surface area contributed by atoms with Crippen molar-refractivity contribution < 1.29 is 14.3 Å². The van der Waals surface area contributed by atoms with E-state index in [0.29, 0.717) is 5.92 Å². The standard InChI is InChI=1S/C14H26N2O3.ClH/c17-14(13-3-1-5-15-9-13)16-6-2-7-18-10-12-4-8-19-11-12;/h12-13,15H,1-11H2,(H,16,17);1H. The highest BCUT2D eigenvalue weighted by Gasteiger charge is 2.20. The van der Waals surface area contributed by atoms with E-state index in [-0.39, 0.29) is 24.2 Å². The van der Waals surface area contributed by atoms with Crippen molar-refractivity contribution >= 4 is 18.3 Å². The molecule has 2 atom stereocenters. The molecule has 0 aromatic carbocycles. The first-order valence-electron chi connectivity index (χ1n) is 7.50. The predicted octanol–water partition coefficient (Wildman–Crippen LogP) is 0.967. The highest BCUT2D eigenvalue weighted by atomic mass is 35.5. The summed E-state index contributed by atoms with van der Waals surface area (Å²) in [5.74, 6) is 0.921. The molecule has 2 fully saturated rings. The topological polar surface area (TPSA) is 59.6 Å². The second-order valence-electron chi connectivity index (χ2n) is 5.49. The lowest BCUT2D eigenvalue weighted by Crippen LogP contribution is -2.40. The van der Waals surface area contributed by atoms with Crippen molar-refractivity contribution in [2.24, 2.45) is 11.8 Å². The molecular formula is C14H27ClN2O3. The molecule has 6 heteroatoms. The van der Waals surface area contributed by atoms with E-state index in [9.17, 15) is 4.79 Å². The van der Waals surface area contributed by atoms with Crippen LogP contribution in [0.4, 0.5) is 0 Å². The molecule has 20 heavy (non-hydrogen) atoms. The summed E-state index contributed by atoms with van der Waals surface area (Å²) < 4.78 is 10.9. The van der Waals surface area contributed by atoms with Gasteiger partial charge in [-0.15, -0.1) is 12.4 Å². The zero-order valence-corrected chi connectivity index (χ0v) is 12.9. The summed E-state index contributed by atoms with van der Waals surface area (Å²) in [7, 11) is 0. The molecule has 5 nitrogen and oxygen atoms in total. The Morgan fingerprint density at radius 1 is 1.40 bits per heavy atom. The van der Waals surface area contributed by atoms with Crippen molar-refractivity contribution in [2.45, 2.75) is 25.7 Å². The maximum Gasteiger partial charge on any atom is 0.224 e. The Morgan fingerprint density at radius 2 is 2.30 bits per heavy atom. The quantitative estimate of drug-likeness (QED) is 0.688. The van der Waals surface area contributed by atoms with Gasteiger partial charge in [0.05, 0.1) is 19.1 Å². The van der Waals surface area contributed by atoms with Crippen molar-refractivity contribution in [2.75, 3.05) is 46.1 Å². The highest BCUT2D eigenvalue weighted by Crippen LogP contribution is 2.12. The second kappa shape index (κ2) is 10.4. The Labute approximate surface area is 127 Å². The molecule has 0 aromatic heterocycles. The SMILES string of the molecule is Cl.O=C(NCCCOCC1CCOC1)C1CCCNC1. The summed E-state index contributed by atoms with van der Waals surface area (Å²) in [6.07, 6.45) is 4.12. The normalized spacial score (nSPS) is 26.0. The Balaban J connectivity index is 0.00000200. The molecule has 118 valence electrons. The van der Waals surface area contributed by atoms with Crippen LogP contribution in [-0.4, -0.2) is 52.0 Å². The van der Waals surface area contributed by atoms with E-state index in [1.54, 1.807) is 0 Å². The number of ether oxygens (including phenoxy) is 2. The number of nitrogens with one attached hydrogen (secondary N) is 2. The average molecular weight is 307 g/mol. The van der Waals surface area contributed by atoms with Gasteiger partial charge in [0.15, 0.2) is 0 Å². The van der Waals surface area contributed by atoms with Gasteiger partial charge in [-0.05, 0) is 32.2 Å². The van der Waals surface area contributed by atoms with Crippen LogP contribution in [0.3, 0.4) is 0 Å². The first kappa shape index (κ1) is 17.7. The predicted molar refractivity (Wildman–Crippen MR) is 80.2 cm³/mol. The third-order valence-corrected chi connectivity index (χ3v) is 3.81. The van der Waals surface area contributed by atoms with E-state index in [0.717, 1.165) is 71.7 Å². The van der Waals surface area contributed by atoms with Crippen LogP contribution in [0.5, 0.6) is 0 Å². The van der Waals surface area contributed by atoms with Gasteiger partial charge in [-0.1, -0.05) is 0 Å². The molecular weight excluding hydrogens is 280 g/mol. The number of halogens is 1. The van der Waals surface area contributed by atoms with Crippen molar-refractivity contribution in [3.63, 3.8) is 0 Å². The first-order valence-corrected chi connectivity index (χ1v) is 7.50. The van der Waals surface area contributed by atoms with E-state index in [1.807, 2.05) is 0 Å². The lowest BCUT2D eigenvalue weighted by Gasteiger charge is -2.21. The van der Waals surface area contributed by atoms with Crippen LogP contribution in [0.25, 0.3) is 0 Å². The van der Waals surface area contributed by atoms with Gasteiger partial charge >= 0.3 is 0 Å². The monoisotopic (exact) mass is 306 g/mol. The zero-order valence-electron chi connectivity index (χ0n) is 12.1. The number of carbonyl (C=O) groups is 1. The molecule has 2 aliphatic heterocycles. The van der Waals surface area contributed by atoms with Crippen LogP contribution in [0.15, 0.2) is 0 Å². The van der Waals surface area contributed by atoms with Gasteiger partial charge in [-0.25, -0.2) is 0 Å². The maximum absolute atomic E-state index is 11.8. The van der Waals surface area contributed by atoms with Crippen molar-refractivity contribution in [3.05, 3.63) is 0 Å². The van der Waals surface area contributed by atoms with E-state index < -0.39 is 0 Å². The van der Waals surface area contributed by atoms with Crippen LogP contribution in [-0.2, 0) is 14.3 Å². The Morgan fingerprint density at radius 3 is 3.00 bits per heavy atom. The highest BCUT2D eigenvalue weighted by molar-refractivity contribution is 5.85. The van der Waals surface area contributed by atoms with Crippen molar-refractivity contribution in [3.8, 4) is 0 Å². The van der Waals surface area contributed by atoms with Gasteiger partial charge in [0, 0.05) is 32.2 Å². The molecule has 0 bridgehead atoms. The number of hydrogen-bond donors (Lipinski definition) is 2. The summed E-state index contributed by atoms with van der Waals surface area (Å²) in [5.41, 5.74) is 0. The molecule has 2 saturated heterocycles. The number of rotatable bonds is 7. The lowest BCUT2D eigenvalue weighted by molar-refractivity contribution is -0.125. The van der Waals surface area contributed by atoms with Crippen LogP contribution >= 0.6 is 12.4 Å². The van der Waals surface area contributed by atoms with E-state index in [1.165, 1.54) is 0 Å². The summed E-state index contributed by atoms with van der Waals surface area (Å²) in [6, 6.07) is 0. The Kier molecular flexibility index (Phi) is 9.18. The third kappa shape index (κ3) is 6.39.